The summed E-state index contributed by atoms with van der Waals surface area (Å²) in [4.78, 5) is 6.83. The lowest BCUT2D eigenvalue weighted by molar-refractivity contribution is 0.180. The molecule has 94 valence electrons. The highest BCUT2D eigenvalue weighted by atomic mass is 15.2. The molecule has 1 fully saturated rings. The van der Waals surface area contributed by atoms with Crippen LogP contribution in [-0.4, -0.2) is 42.1 Å². The Morgan fingerprint density at radius 3 is 2.69 bits per heavy atom. The Kier molecular flexibility index (Phi) is 4.59. The second-order valence-electron chi connectivity index (χ2n) is 5.47. The largest absolute Gasteiger partial charge is 0.370 e. The van der Waals surface area contributed by atoms with Crippen LogP contribution in [0.25, 0.3) is 0 Å². The smallest absolute Gasteiger partial charge is 0.188 e. The third kappa shape index (κ3) is 4.00. The number of likely N-dealkylation sites (tertiary alicyclic amines) is 1. The van der Waals surface area contributed by atoms with Gasteiger partial charge in [0.15, 0.2) is 5.96 Å². The van der Waals surface area contributed by atoms with Gasteiger partial charge in [-0.2, -0.15) is 0 Å². The molecule has 4 nitrogen and oxygen atoms in total. The Morgan fingerprint density at radius 2 is 2.19 bits per heavy atom. The van der Waals surface area contributed by atoms with Gasteiger partial charge in [0, 0.05) is 18.1 Å². The predicted octanol–water partition coefficient (Wildman–Crippen LogP) is 1.17. The van der Waals surface area contributed by atoms with E-state index in [4.69, 9.17) is 5.73 Å². The van der Waals surface area contributed by atoms with E-state index < -0.39 is 0 Å². The van der Waals surface area contributed by atoms with E-state index in [1.165, 1.54) is 19.4 Å². The zero-order chi connectivity index (χ0) is 12.2. The lowest BCUT2D eigenvalue weighted by Crippen LogP contribution is -2.41. The molecule has 16 heavy (non-hydrogen) atoms. The van der Waals surface area contributed by atoms with Gasteiger partial charge in [-0.3, -0.25) is 9.89 Å². The van der Waals surface area contributed by atoms with Crippen LogP contribution in [0.3, 0.4) is 0 Å². The number of guanidine groups is 1. The Balaban J connectivity index is 2.30. The van der Waals surface area contributed by atoms with Gasteiger partial charge < -0.3 is 11.1 Å². The third-order valence-electron chi connectivity index (χ3n) is 3.16. The Hall–Kier alpha value is -0.770. The van der Waals surface area contributed by atoms with E-state index in [1.807, 2.05) is 0 Å². The SMILES string of the molecule is CC(C)NC(N)=NCCN1CCCC1(C)C. The Labute approximate surface area is 99.3 Å². The topological polar surface area (TPSA) is 53.6 Å². The van der Waals surface area contributed by atoms with Crippen molar-refractivity contribution in [2.24, 2.45) is 10.7 Å². The normalized spacial score (nSPS) is 21.7. The quantitative estimate of drug-likeness (QED) is 0.559. The molecule has 0 saturated carbocycles. The van der Waals surface area contributed by atoms with Gasteiger partial charge in [0.1, 0.15) is 0 Å². The van der Waals surface area contributed by atoms with Gasteiger partial charge in [0.25, 0.3) is 0 Å². The van der Waals surface area contributed by atoms with Crippen LogP contribution in [0.4, 0.5) is 0 Å². The molecule has 0 aromatic rings. The summed E-state index contributed by atoms with van der Waals surface area (Å²) in [6.07, 6.45) is 2.59. The molecule has 1 aliphatic heterocycles. The molecule has 1 heterocycles. The van der Waals surface area contributed by atoms with Crippen LogP contribution in [-0.2, 0) is 0 Å². The Morgan fingerprint density at radius 1 is 1.50 bits per heavy atom. The summed E-state index contributed by atoms with van der Waals surface area (Å²) in [7, 11) is 0. The maximum atomic E-state index is 5.75. The van der Waals surface area contributed by atoms with Gasteiger partial charge in [0.2, 0.25) is 0 Å². The monoisotopic (exact) mass is 226 g/mol. The van der Waals surface area contributed by atoms with Crippen LogP contribution in [0.2, 0.25) is 0 Å². The summed E-state index contributed by atoms with van der Waals surface area (Å²) in [5.74, 6) is 0.562. The number of rotatable bonds is 4. The van der Waals surface area contributed by atoms with Crippen molar-refractivity contribution < 1.29 is 0 Å². The number of nitrogens with one attached hydrogen (secondary N) is 1. The average Bonchev–Trinajstić information content (AvgIpc) is 2.44. The molecule has 4 heteroatoms. The standard InChI is InChI=1S/C12H26N4/c1-10(2)15-11(13)14-7-9-16-8-5-6-12(16,3)4/h10H,5-9H2,1-4H3,(H3,13,14,15). The van der Waals surface area contributed by atoms with E-state index in [-0.39, 0.29) is 0 Å². The number of hydrogen-bond donors (Lipinski definition) is 2. The van der Waals surface area contributed by atoms with Crippen LogP contribution in [0.15, 0.2) is 4.99 Å². The summed E-state index contributed by atoms with van der Waals surface area (Å²) < 4.78 is 0. The minimum absolute atomic E-state index is 0.343. The second kappa shape index (κ2) is 5.53. The summed E-state index contributed by atoms with van der Waals surface area (Å²) in [5.41, 5.74) is 6.09. The minimum atomic E-state index is 0.343. The third-order valence-corrected chi connectivity index (χ3v) is 3.16. The fourth-order valence-electron chi connectivity index (χ4n) is 2.21. The molecule has 0 spiro atoms. The van der Waals surface area contributed by atoms with Crippen LogP contribution < -0.4 is 11.1 Å². The van der Waals surface area contributed by atoms with E-state index >= 15 is 0 Å². The van der Waals surface area contributed by atoms with Crippen LogP contribution in [0.5, 0.6) is 0 Å². The molecule has 3 N–H and O–H groups in total. The van der Waals surface area contributed by atoms with Gasteiger partial charge in [-0.25, -0.2) is 0 Å². The maximum Gasteiger partial charge on any atom is 0.188 e. The van der Waals surface area contributed by atoms with Crippen molar-refractivity contribution in [1.82, 2.24) is 10.2 Å². The molecule has 0 bridgehead atoms. The first-order valence-corrected chi connectivity index (χ1v) is 6.23. The number of nitrogens with zero attached hydrogens (tertiary/aromatic N) is 2. The van der Waals surface area contributed by atoms with Gasteiger partial charge in [-0.05, 0) is 47.1 Å². The summed E-state index contributed by atoms with van der Waals surface area (Å²) >= 11 is 0. The molecule has 1 aliphatic rings. The van der Waals surface area contributed by atoms with E-state index in [0.29, 0.717) is 17.5 Å². The van der Waals surface area contributed by atoms with Crippen molar-refractivity contribution in [1.29, 1.82) is 0 Å². The maximum absolute atomic E-state index is 5.75. The molecule has 1 rings (SSSR count). The van der Waals surface area contributed by atoms with E-state index in [9.17, 15) is 0 Å². The predicted molar refractivity (Wildman–Crippen MR) is 69.6 cm³/mol. The molecule has 0 amide bonds. The molecule has 0 aliphatic carbocycles. The first-order valence-electron chi connectivity index (χ1n) is 6.23. The summed E-state index contributed by atoms with van der Waals surface area (Å²) in [5, 5.41) is 3.10. The molecular weight excluding hydrogens is 200 g/mol. The first kappa shape index (κ1) is 13.3. The van der Waals surface area contributed by atoms with Crippen molar-refractivity contribution >= 4 is 5.96 Å². The zero-order valence-corrected chi connectivity index (χ0v) is 11.1. The average molecular weight is 226 g/mol. The highest BCUT2D eigenvalue weighted by Gasteiger charge is 2.30. The molecular formula is C12H26N4. The molecule has 0 atom stereocenters. The van der Waals surface area contributed by atoms with Gasteiger partial charge >= 0.3 is 0 Å². The fourth-order valence-corrected chi connectivity index (χ4v) is 2.21. The zero-order valence-electron chi connectivity index (χ0n) is 11.1. The number of hydrogen-bond acceptors (Lipinski definition) is 2. The molecule has 1 saturated heterocycles. The van der Waals surface area contributed by atoms with Gasteiger partial charge in [-0.1, -0.05) is 0 Å². The van der Waals surface area contributed by atoms with E-state index in [2.05, 4.69) is 42.9 Å². The molecule has 0 unspecified atom stereocenters. The highest BCUT2D eigenvalue weighted by molar-refractivity contribution is 5.78. The Bertz CT molecular complexity index is 245. The van der Waals surface area contributed by atoms with Crippen molar-refractivity contribution in [3.63, 3.8) is 0 Å². The number of nitrogens with two attached hydrogens (primary N) is 1. The minimum Gasteiger partial charge on any atom is -0.370 e. The van der Waals surface area contributed by atoms with Crippen LogP contribution in [0, 0.1) is 0 Å². The van der Waals surface area contributed by atoms with E-state index in [0.717, 1.165) is 13.1 Å². The summed E-state index contributed by atoms with van der Waals surface area (Å²) in [6.45, 7) is 11.7. The fraction of sp³-hybridized carbons (Fsp3) is 0.917. The van der Waals surface area contributed by atoms with Crippen LogP contribution >= 0.6 is 0 Å². The summed E-state index contributed by atoms with van der Waals surface area (Å²) in [6, 6.07) is 0.354. The molecule has 0 aromatic carbocycles. The van der Waals surface area contributed by atoms with Crippen molar-refractivity contribution in [2.75, 3.05) is 19.6 Å². The first-order chi connectivity index (χ1) is 7.42. The molecule has 0 aromatic heterocycles. The van der Waals surface area contributed by atoms with E-state index in [1.54, 1.807) is 0 Å². The van der Waals surface area contributed by atoms with Crippen molar-refractivity contribution in [2.45, 2.75) is 52.1 Å². The van der Waals surface area contributed by atoms with Crippen molar-refractivity contribution in [3.8, 4) is 0 Å². The van der Waals surface area contributed by atoms with Crippen LogP contribution in [0.1, 0.15) is 40.5 Å². The van der Waals surface area contributed by atoms with Gasteiger partial charge in [-0.15, -0.1) is 0 Å². The number of aliphatic imine (C=N–C) groups is 1. The lowest BCUT2D eigenvalue weighted by Gasteiger charge is -2.30. The van der Waals surface area contributed by atoms with Gasteiger partial charge in [0.05, 0.1) is 6.54 Å². The highest BCUT2D eigenvalue weighted by Crippen LogP contribution is 2.27. The molecule has 0 radical (unpaired) electrons. The lowest BCUT2D eigenvalue weighted by atomic mass is 10.0. The second-order valence-corrected chi connectivity index (χ2v) is 5.47. The van der Waals surface area contributed by atoms with Crippen molar-refractivity contribution in [3.05, 3.63) is 0 Å².